The molecule has 150 valence electrons. The number of nitrogens with zero attached hydrogens (tertiary/aromatic N) is 1. The smallest absolute Gasteiger partial charge is 0.264 e. The molecule has 0 aliphatic heterocycles. The van der Waals surface area contributed by atoms with E-state index >= 15 is 0 Å². The van der Waals surface area contributed by atoms with Gasteiger partial charge in [-0.25, -0.2) is 8.42 Å². The predicted octanol–water partition coefficient (Wildman–Crippen LogP) is 3.58. The quantitative estimate of drug-likeness (QED) is 0.801. The van der Waals surface area contributed by atoms with Crippen molar-refractivity contribution in [2.45, 2.75) is 43.0 Å². The topological polar surface area (TPSA) is 75.7 Å². The molecule has 2 aromatic carbocycles. The molecule has 0 atom stereocenters. The number of anilines is 1. The number of sulfonamides is 1. The number of hydrogen-bond acceptors (Lipinski definition) is 4. The number of nitrogens with one attached hydrogen (secondary N) is 1. The maximum Gasteiger partial charge on any atom is 0.264 e. The van der Waals surface area contributed by atoms with Crippen LogP contribution in [0.15, 0.2) is 53.4 Å². The molecule has 28 heavy (non-hydrogen) atoms. The van der Waals surface area contributed by atoms with Crippen molar-refractivity contribution in [2.24, 2.45) is 0 Å². The highest BCUT2D eigenvalue weighted by molar-refractivity contribution is 7.92. The van der Waals surface area contributed by atoms with Gasteiger partial charge in [-0.15, -0.1) is 0 Å². The van der Waals surface area contributed by atoms with Crippen LogP contribution in [0.4, 0.5) is 5.69 Å². The van der Waals surface area contributed by atoms with Crippen molar-refractivity contribution < 1.29 is 17.9 Å². The number of amides is 1. The largest absolute Gasteiger partial charge is 0.497 e. The fourth-order valence-corrected chi connectivity index (χ4v) is 4.64. The van der Waals surface area contributed by atoms with Crippen molar-refractivity contribution in [3.63, 3.8) is 0 Å². The van der Waals surface area contributed by atoms with Crippen LogP contribution in [0.1, 0.15) is 42.5 Å². The zero-order valence-corrected chi connectivity index (χ0v) is 17.0. The number of carbonyl (C=O) groups excluding carboxylic acids is 1. The van der Waals surface area contributed by atoms with Crippen LogP contribution < -0.4 is 14.4 Å². The standard InChI is InChI=1S/C21H26N2O4S/c1-23(18-11-13-19(27-2)14-12-18)28(25,26)20-10-6-7-16(15-20)21(24)22-17-8-4-3-5-9-17/h6-7,10-15,17H,3-5,8-9H2,1-2H3,(H,22,24). The number of rotatable bonds is 6. The molecule has 7 heteroatoms. The van der Waals surface area contributed by atoms with E-state index in [9.17, 15) is 13.2 Å². The monoisotopic (exact) mass is 402 g/mol. The molecule has 1 amide bonds. The Morgan fingerprint density at radius 3 is 2.39 bits per heavy atom. The molecular formula is C21H26N2O4S. The van der Waals surface area contributed by atoms with Gasteiger partial charge in [-0.2, -0.15) is 0 Å². The van der Waals surface area contributed by atoms with E-state index in [0.29, 0.717) is 17.0 Å². The number of hydrogen-bond donors (Lipinski definition) is 1. The van der Waals surface area contributed by atoms with Crippen LogP contribution in [0.5, 0.6) is 5.75 Å². The predicted molar refractivity (Wildman–Crippen MR) is 109 cm³/mol. The Kier molecular flexibility index (Phi) is 6.24. The lowest BCUT2D eigenvalue weighted by molar-refractivity contribution is 0.0927. The van der Waals surface area contributed by atoms with Crippen LogP contribution in [0.2, 0.25) is 0 Å². The normalized spacial score (nSPS) is 15.1. The summed E-state index contributed by atoms with van der Waals surface area (Å²) in [6.45, 7) is 0. The lowest BCUT2D eigenvalue weighted by Crippen LogP contribution is -2.36. The molecule has 1 aliphatic carbocycles. The summed E-state index contributed by atoms with van der Waals surface area (Å²) in [6, 6.07) is 13.1. The summed E-state index contributed by atoms with van der Waals surface area (Å²) in [7, 11) is -0.741. The summed E-state index contributed by atoms with van der Waals surface area (Å²) >= 11 is 0. The first-order chi connectivity index (χ1) is 13.4. The summed E-state index contributed by atoms with van der Waals surface area (Å²) in [5, 5.41) is 3.03. The number of benzene rings is 2. The summed E-state index contributed by atoms with van der Waals surface area (Å²) in [5.41, 5.74) is 0.868. The van der Waals surface area contributed by atoms with Crippen molar-refractivity contribution in [1.29, 1.82) is 0 Å². The van der Waals surface area contributed by atoms with Crippen LogP contribution in [0, 0.1) is 0 Å². The second kappa shape index (κ2) is 8.65. The van der Waals surface area contributed by atoms with Crippen molar-refractivity contribution >= 4 is 21.6 Å². The van der Waals surface area contributed by atoms with E-state index in [1.807, 2.05) is 0 Å². The molecule has 1 fully saturated rings. The van der Waals surface area contributed by atoms with E-state index in [1.54, 1.807) is 43.5 Å². The molecule has 0 unspecified atom stereocenters. The SMILES string of the molecule is COc1ccc(N(C)S(=O)(=O)c2cccc(C(=O)NC3CCCCC3)c2)cc1. The van der Waals surface area contributed by atoms with Crippen LogP contribution >= 0.6 is 0 Å². The minimum absolute atomic E-state index is 0.0853. The van der Waals surface area contributed by atoms with Gasteiger partial charge in [0.25, 0.3) is 15.9 Å². The molecule has 1 N–H and O–H groups in total. The van der Waals surface area contributed by atoms with Crippen LogP contribution in [0.3, 0.4) is 0 Å². The minimum Gasteiger partial charge on any atom is -0.497 e. The lowest BCUT2D eigenvalue weighted by atomic mass is 9.95. The molecule has 2 aromatic rings. The van der Waals surface area contributed by atoms with Gasteiger partial charge in [0.05, 0.1) is 17.7 Å². The van der Waals surface area contributed by atoms with E-state index in [1.165, 1.54) is 29.9 Å². The minimum atomic E-state index is -3.79. The molecule has 1 aliphatic rings. The van der Waals surface area contributed by atoms with Gasteiger partial charge in [0.1, 0.15) is 5.75 Å². The van der Waals surface area contributed by atoms with Gasteiger partial charge >= 0.3 is 0 Å². The Morgan fingerprint density at radius 1 is 1.07 bits per heavy atom. The van der Waals surface area contributed by atoms with Gasteiger partial charge in [0.2, 0.25) is 0 Å². The Labute approximate surface area is 166 Å². The maximum atomic E-state index is 13.0. The summed E-state index contributed by atoms with van der Waals surface area (Å²) in [6.07, 6.45) is 5.39. The van der Waals surface area contributed by atoms with Gasteiger partial charge in [0.15, 0.2) is 0 Å². The number of carbonyl (C=O) groups is 1. The maximum absolute atomic E-state index is 13.0. The molecular weight excluding hydrogens is 376 g/mol. The van der Waals surface area contributed by atoms with Gasteiger partial charge in [0, 0.05) is 18.7 Å². The fraction of sp³-hybridized carbons (Fsp3) is 0.381. The summed E-state index contributed by atoms with van der Waals surface area (Å²) in [5.74, 6) is 0.423. The van der Waals surface area contributed by atoms with Crippen molar-refractivity contribution in [3.05, 3.63) is 54.1 Å². The number of ether oxygens (including phenoxy) is 1. The highest BCUT2D eigenvalue weighted by atomic mass is 32.2. The molecule has 6 nitrogen and oxygen atoms in total. The Morgan fingerprint density at radius 2 is 1.75 bits per heavy atom. The van der Waals surface area contributed by atoms with Crippen molar-refractivity contribution in [2.75, 3.05) is 18.5 Å². The third-order valence-electron chi connectivity index (χ3n) is 5.13. The number of methoxy groups -OCH3 is 1. The first-order valence-corrected chi connectivity index (χ1v) is 10.9. The Balaban J connectivity index is 1.79. The van der Waals surface area contributed by atoms with E-state index in [0.717, 1.165) is 25.7 Å². The van der Waals surface area contributed by atoms with Gasteiger partial charge in [-0.3, -0.25) is 9.10 Å². The third-order valence-corrected chi connectivity index (χ3v) is 6.91. The van der Waals surface area contributed by atoms with Crippen LogP contribution in [-0.4, -0.2) is 34.5 Å². The molecule has 0 saturated heterocycles. The highest BCUT2D eigenvalue weighted by Gasteiger charge is 2.23. The zero-order chi connectivity index (χ0) is 20.1. The van der Waals surface area contributed by atoms with Crippen molar-refractivity contribution in [3.8, 4) is 5.75 Å². The van der Waals surface area contributed by atoms with Gasteiger partial charge in [-0.05, 0) is 55.3 Å². The first-order valence-electron chi connectivity index (χ1n) is 9.46. The second-order valence-electron chi connectivity index (χ2n) is 7.01. The molecule has 0 heterocycles. The van der Waals surface area contributed by atoms with Gasteiger partial charge < -0.3 is 10.1 Å². The van der Waals surface area contributed by atoms with E-state index in [-0.39, 0.29) is 16.8 Å². The van der Waals surface area contributed by atoms with Crippen LogP contribution in [0.25, 0.3) is 0 Å². The zero-order valence-electron chi connectivity index (χ0n) is 16.2. The second-order valence-corrected chi connectivity index (χ2v) is 8.98. The summed E-state index contributed by atoms with van der Waals surface area (Å²) < 4.78 is 32.3. The Hall–Kier alpha value is -2.54. The van der Waals surface area contributed by atoms with Crippen LogP contribution in [-0.2, 0) is 10.0 Å². The average molecular weight is 403 g/mol. The Bertz CT molecular complexity index is 920. The lowest BCUT2D eigenvalue weighted by Gasteiger charge is -2.23. The van der Waals surface area contributed by atoms with Crippen molar-refractivity contribution in [1.82, 2.24) is 5.32 Å². The van der Waals surface area contributed by atoms with E-state index < -0.39 is 10.0 Å². The molecule has 0 bridgehead atoms. The van der Waals surface area contributed by atoms with E-state index in [4.69, 9.17) is 4.74 Å². The van der Waals surface area contributed by atoms with E-state index in [2.05, 4.69) is 5.32 Å². The molecule has 0 aromatic heterocycles. The molecule has 0 spiro atoms. The first kappa shape index (κ1) is 20.2. The fourth-order valence-electron chi connectivity index (χ4n) is 3.40. The molecule has 3 rings (SSSR count). The van der Waals surface area contributed by atoms with Gasteiger partial charge in [-0.1, -0.05) is 25.3 Å². The summed E-state index contributed by atoms with van der Waals surface area (Å²) in [4.78, 5) is 12.7. The highest BCUT2D eigenvalue weighted by Crippen LogP contribution is 2.25. The molecule has 1 saturated carbocycles. The third kappa shape index (κ3) is 4.47. The average Bonchev–Trinajstić information content (AvgIpc) is 2.74. The molecule has 0 radical (unpaired) electrons.